The van der Waals surface area contributed by atoms with Crippen molar-refractivity contribution in [3.8, 4) is 5.69 Å². The van der Waals surface area contributed by atoms with E-state index in [-0.39, 0.29) is 16.9 Å². The Bertz CT molecular complexity index is 1400. The van der Waals surface area contributed by atoms with E-state index < -0.39 is 0 Å². The quantitative estimate of drug-likeness (QED) is 0.392. The Kier molecular flexibility index (Phi) is 5.73. The van der Waals surface area contributed by atoms with Gasteiger partial charge in [0.25, 0.3) is 11.5 Å². The van der Waals surface area contributed by atoms with Crippen molar-refractivity contribution in [3.05, 3.63) is 87.0 Å². The van der Waals surface area contributed by atoms with Gasteiger partial charge in [0, 0.05) is 10.4 Å². The van der Waals surface area contributed by atoms with Crippen molar-refractivity contribution in [1.82, 2.24) is 15.0 Å². The number of aromatic nitrogens is 2. The number of amides is 1. The van der Waals surface area contributed by atoms with Gasteiger partial charge in [-0.3, -0.25) is 20.4 Å². The summed E-state index contributed by atoms with van der Waals surface area (Å²) in [7, 11) is 0. The molecular weight excluding hydrogens is 444 g/mol. The number of nitrogens with zero attached hydrogens (tertiary/aromatic N) is 2. The molecule has 5 rings (SSSR count). The van der Waals surface area contributed by atoms with Crippen molar-refractivity contribution in [3.63, 3.8) is 0 Å². The fraction of sp³-hybridized carbons (Fsp3) is 0.296. The first-order chi connectivity index (χ1) is 16.3. The van der Waals surface area contributed by atoms with Gasteiger partial charge in [0.1, 0.15) is 4.83 Å². The van der Waals surface area contributed by atoms with Gasteiger partial charge < -0.3 is 0 Å². The maximum Gasteiger partial charge on any atom is 0.269 e. The molecule has 6 nitrogen and oxygen atoms in total. The number of rotatable bonds is 4. The average Bonchev–Trinajstić information content (AvgIpc) is 3.21. The molecule has 1 aliphatic carbocycles. The van der Waals surface area contributed by atoms with Crippen LogP contribution in [0, 0.1) is 11.3 Å². The monoisotopic (exact) mass is 472 g/mol. The van der Waals surface area contributed by atoms with Gasteiger partial charge in [0.15, 0.2) is 0 Å². The maximum absolute atomic E-state index is 13.9. The summed E-state index contributed by atoms with van der Waals surface area (Å²) in [6.07, 6.45) is 2.93. The lowest BCUT2D eigenvalue weighted by atomic mass is 9.72. The molecule has 0 saturated carbocycles. The zero-order valence-electron chi connectivity index (χ0n) is 19.6. The Hall–Kier alpha value is -3.45. The van der Waals surface area contributed by atoms with Crippen LogP contribution in [-0.4, -0.2) is 15.5 Å². The van der Waals surface area contributed by atoms with Crippen LogP contribution in [0.5, 0.6) is 0 Å². The predicted molar refractivity (Wildman–Crippen MR) is 138 cm³/mol. The molecule has 0 fully saturated rings. The number of benzene rings is 2. The predicted octanol–water partition coefficient (Wildman–Crippen LogP) is 5.36. The number of fused-ring (bicyclic) bond motifs is 3. The molecule has 1 atom stereocenters. The SMILES string of the molecule is CC(C)(C)C1CCc2c(sc3nc(NNC(=O)c4ccccc4)n(-c4ccccc4)c(=O)c23)C1. The first-order valence-corrected chi connectivity index (χ1v) is 12.4. The molecule has 1 unspecified atom stereocenters. The number of carbonyl (C=O) groups is 1. The molecular formula is C27H28N4O2S. The van der Waals surface area contributed by atoms with Crippen molar-refractivity contribution in [2.45, 2.75) is 40.0 Å². The fourth-order valence-electron chi connectivity index (χ4n) is 4.64. The van der Waals surface area contributed by atoms with Gasteiger partial charge in [0.2, 0.25) is 5.95 Å². The van der Waals surface area contributed by atoms with E-state index in [4.69, 9.17) is 4.98 Å². The van der Waals surface area contributed by atoms with Crippen LogP contribution in [0.15, 0.2) is 65.5 Å². The van der Waals surface area contributed by atoms with Crippen molar-refractivity contribution in [1.29, 1.82) is 0 Å². The molecule has 1 aliphatic rings. The Balaban J connectivity index is 1.59. The highest BCUT2D eigenvalue weighted by atomic mass is 32.1. The van der Waals surface area contributed by atoms with Gasteiger partial charge in [-0.1, -0.05) is 57.2 Å². The Morgan fingerprint density at radius 1 is 1.06 bits per heavy atom. The van der Waals surface area contributed by atoms with E-state index in [1.165, 1.54) is 4.88 Å². The minimum absolute atomic E-state index is 0.112. The smallest absolute Gasteiger partial charge is 0.268 e. The number of para-hydroxylation sites is 1. The van der Waals surface area contributed by atoms with Crippen LogP contribution >= 0.6 is 11.3 Å². The zero-order valence-corrected chi connectivity index (χ0v) is 20.4. The number of thiophene rings is 1. The zero-order chi connectivity index (χ0) is 23.9. The number of hydrogen-bond donors (Lipinski definition) is 2. The van der Waals surface area contributed by atoms with Crippen LogP contribution in [0.25, 0.3) is 15.9 Å². The first-order valence-electron chi connectivity index (χ1n) is 11.6. The molecule has 174 valence electrons. The van der Waals surface area contributed by atoms with E-state index in [0.717, 1.165) is 24.8 Å². The summed E-state index contributed by atoms with van der Waals surface area (Å²) >= 11 is 1.61. The molecule has 2 aromatic heterocycles. The minimum atomic E-state index is -0.298. The van der Waals surface area contributed by atoms with Gasteiger partial charge in [-0.05, 0) is 60.4 Å². The minimum Gasteiger partial charge on any atom is -0.268 e. The van der Waals surface area contributed by atoms with E-state index in [1.807, 2.05) is 36.4 Å². The molecule has 2 heterocycles. The highest BCUT2D eigenvalue weighted by Gasteiger charge is 2.32. The summed E-state index contributed by atoms with van der Waals surface area (Å²) in [4.78, 5) is 33.3. The highest BCUT2D eigenvalue weighted by Crippen LogP contribution is 2.42. The van der Waals surface area contributed by atoms with Crippen molar-refractivity contribution >= 4 is 33.4 Å². The lowest BCUT2D eigenvalue weighted by Gasteiger charge is -2.33. The maximum atomic E-state index is 13.9. The summed E-state index contributed by atoms with van der Waals surface area (Å²) in [5, 5.41) is 0.705. The molecule has 0 aliphatic heterocycles. The molecule has 2 N–H and O–H groups in total. The Morgan fingerprint density at radius 2 is 1.74 bits per heavy atom. The number of carbonyl (C=O) groups excluding carboxylic acids is 1. The van der Waals surface area contributed by atoms with Gasteiger partial charge in [-0.25, -0.2) is 9.55 Å². The number of nitrogens with one attached hydrogen (secondary N) is 2. The lowest BCUT2D eigenvalue weighted by Crippen LogP contribution is -2.34. The number of hydrazine groups is 1. The third-order valence-corrected chi connectivity index (χ3v) is 7.79. The van der Waals surface area contributed by atoms with E-state index in [1.54, 1.807) is 40.2 Å². The molecule has 0 radical (unpaired) electrons. The molecule has 34 heavy (non-hydrogen) atoms. The lowest BCUT2D eigenvalue weighted by molar-refractivity contribution is 0.0962. The standard InChI is InChI=1S/C27H28N4O2S/c1-27(2,3)18-14-15-20-21(16-18)34-24-22(20)25(33)31(19-12-8-5-9-13-19)26(28-24)30-29-23(32)17-10-6-4-7-11-17/h4-13,18H,14-16H2,1-3H3,(H,28,30)(H,29,32). The molecule has 1 amide bonds. The largest absolute Gasteiger partial charge is 0.269 e. The number of anilines is 1. The second kappa shape index (κ2) is 8.72. The summed E-state index contributed by atoms with van der Waals surface area (Å²) in [6.45, 7) is 6.86. The molecule has 7 heteroatoms. The van der Waals surface area contributed by atoms with Crippen LogP contribution in [0.3, 0.4) is 0 Å². The molecule has 0 saturated heterocycles. The molecule has 2 aromatic carbocycles. The van der Waals surface area contributed by atoms with Gasteiger partial charge in [0.05, 0.1) is 11.1 Å². The first kappa shape index (κ1) is 22.3. The average molecular weight is 473 g/mol. The fourth-order valence-corrected chi connectivity index (χ4v) is 5.93. The van der Waals surface area contributed by atoms with E-state index in [0.29, 0.717) is 33.3 Å². The number of hydrogen-bond acceptors (Lipinski definition) is 5. The number of aryl methyl sites for hydroxylation is 1. The second-order valence-electron chi connectivity index (χ2n) is 9.85. The summed E-state index contributed by atoms with van der Waals surface area (Å²) in [5.41, 5.74) is 8.08. The van der Waals surface area contributed by atoms with E-state index in [9.17, 15) is 9.59 Å². The third kappa shape index (κ3) is 4.12. The van der Waals surface area contributed by atoms with Gasteiger partial charge in [-0.2, -0.15) is 0 Å². The molecule has 4 aromatic rings. The Morgan fingerprint density at radius 3 is 2.41 bits per heavy atom. The van der Waals surface area contributed by atoms with Gasteiger partial charge >= 0.3 is 0 Å². The molecule has 0 bridgehead atoms. The van der Waals surface area contributed by atoms with Crippen LogP contribution in [0.1, 0.15) is 48.0 Å². The molecule has 0 spiro atoms. The van der Waals surface area contributed by atoms with Crippen LogP contribution in [-0.2, 0) is 12.8 Å². The van der Waals surface area contributed by atoms with Crippen LogP contribution in [0.4, 0.5) is 5.95 Å². The topological polar surface area (TPSA) is 76.0 Å². The van der Waals surface area contributed by atoms with Crippen LogP contribution < -0.4 is 16.4 Å². The van der Waals surface area contributed by atoms with E-state index in [2.05, 4.69) is 31.6 Å². The van der Waals surface area contributed by atoms with Crippen LogP contribution in [0.2, 0.25) is 0 Å². The summed E-state index contributed by atoms with van der Waals surface area (Å²) in [6, 6.07) is 18.3. The van der Waals surface area contributed by atoms with E-state index >= 15 is 0 Å². The second-order valence-corrected chi connectivity index (χ2v) is 10.9. The summed E-state index contributed by atoms with van der Waals surface area (Å²) < 4.78 is 1.55. The highest BCUT2D eigenvalue weighted by molar-refractivity contribution is 7.18. The van der Waals surface area contributed by atoms with Crippen molar-refractivity contribution < 1.29 is 4.79 Å². The third-order valence-electron chi connectivity index (χ3n) is 6.65. The van der Waals surface area contributed by atoms with Gasteiger partial charge in [-0.15, -0.1) is 11.3 Å². The summed E-state index contributed by atoms with van der Waals surface area (Å²) in [5.74, 6) is 0.569. The van der Waals surface area contributed by atoms with Crippen molar-refractivity contribution in [2.24, 2.45) is 11.3 Å². The Labute approximate surface area is 202 Å². The normalized spacial score (nSPS) is 15.7. The van der Waals surface area contributed by atoms with Crippen molar-refractivity contribution in [2.75, 3.05) is 5.43 Å².